The van der Waals surface area contributed by atoms with Gasteiger partial charge in [0.15, 0.2) is 0 Å². The number of hydrogen-bond donors (Lipinski definition) is 1. The fraction of sp³-hybridized carbons (Fsp3) is 0.625. The molecule has 0 amide bonds. The van der Waals surface area contributed by atoms with Gasteiger partial charge in [-0.1, -0.05) is 18.6 Å². The first kappa shape index (κ1) is 12.0. The summed E-state index contributed by atoms with van der Waals surface area (Å²) < 4.78 is 0. The summed E-state index contributed by atoms with van der Waals surface area (Å²) in [4.78, 5) is 2.59. The molecule has 0 radical (unpaired) electrons. The van der Waals surface area contributed by atoms with Crippen molar-refractivity contribution >= 4 is 5.69 Å². The molecule has 2 aliphatic rings. The van der Waals surface area contributed by atoms with Crippen molar-refractivity contribution in [3.63, 3.8) is 0 Å². The van der Waals surface area contributed by atoms with E-state index in [4.69, 9.17) is 5.73 Å². The second-order valence-electron chi connectivity index (χ2n) is 6.18. The molecule has 2 bridgehead atoms. The molecule has 1 heterocycles. The number of hydrogen-bond acceptors (Lipinski definition) is 2. The molecule has 0 spiro atoms. The van der Waals surface area contributed by atoms with E-state index in [-0.39, 0.29) is 6.04 Å². The minimum Gasteiger partial charge on any atom is -0.371 e. The van der Waals surface area contributed by atoms with Gasteiger partial charge in [0, 0.05) is 24.8 Å². The van der Waals surface area contributed by atoms with Gasteiger partial charge in [0.2, 0.25) is 0 Å². The van der Waals surface area contributed by atoms with E-state index in [0.29, 0.717) is 0 Å². The molecule has 1 aromatic carbocycles. The van der Waals surface area contributed by atoms with Gasteiger partial charge in [-0.2, -0.15) is 0 Å². The number of anilines is 1. The standard InChI is InChI=1S/C16H24N2/c1-12(17)15-5-7-16(8-6-15)18-10-13-3-2-4-14(9-13)11-18/h5-8,12-14H,2-4,9-11,17H2,1H3/t12-,13?,14?/m0/s1. The Morgan fingerprint density at radius 1 is 1.11 bits per heavy atom. The Bertz CT molecular complexity index is 384. The predicted octanol–water partition coefficient (Wildman–Crippen LogP) is 3.33. The molecular formula is C16H24N2. The lowest BCUT2D eigenvalue weighted by Crippen LogP contribution is -2.42. The summed E-state index contributed by atoms with van der Waals surface area (Å²) in [6.07, 6.45) is 5.79. The monoisotopic (exact) mass is 244 g/mol. The molecule has 1 saturated carbocycles. The molecule has 1 aliphatic heterocycles. The highest BCUT2D eigenvalue weighted by molar-refractivity contribution is 5.48. The molecule has 98 valence electrons. The van der Waals surface area contributed by atoms with Crippen molar-refractivity contribution in [3.8, 4) is 0 Å². The third kappa shape index (κ3) is 2.39. The van der Waals surface area contributed by atoms with Gasteiger partial charge in [0.25, 0.3) is 0 Å². The predicted molar refractivity (Wildman–Crippen MR) is 76.7 cm³/mol. The third-order valence-corrected chi connectivity index (χ3v) is 4.63. The molecule has 2 heteroatoms. The Labute approximate surface area is 110 Å². The minimum atomic E-state index is 0.139. The van der Waals surface area contributed by atoms with Crippen LogP contribution >= 0.6 is 0 Å². The van der Waals surface area contributed by atoms with Gasteiger partial charge in [0.1, 0.15) is 0 Å². The van der Waals surface area contributed by atoms with Crippen molar-refractivity contribution in [2.45, 2.75) is 38.6 Å². The summed E-state index contributed by atoms with van der Waals surface area (Å²) in [5, 5.41) is 0. The average molecular weight is 244 g/mol. The fourth-order valence-corrected chi connectivity index (χ4v) is 3.63. The van der Waals surface area contributed by atoms with Crippen LogP contribution < -0.4 is 10.6 Å². The first-order valence-corrected chi connectivity index (χ1v) is 7.33. The highest BCUT2D eigenvalue weighted by atomic mass is 15.1. The van der Waals surface area contributed by atoms with Gasteiger partial charge < -0.3 is 10.6 Å². The second kappa shape index (κ2) is 4.93. The van der Waals surface area contributed by atoms with Crippen LogP contribution in [0.5, 0.6) is 0 Å². The smallest absolute Gasteiger partial charge is 0.0366 e. The third-order valence-electron chi connectivity index (χ3n) is 4.63. The van der Waals surface area contributed by atoms with Gasteiger partial charge in [-0.05, 0) is 55.7 Å². The highest BCUT2D eigenvalue weighted by Crippen LogP contribution is 2.36. The molecule has 18 heavy (non-hydrogen) atoms. The molecule has 3 atom stereocenters. The Balaban J connectivity index is 1.74. The van der Waals surface area contributed by atoms with Crippen LogP contribution in [0.3, 0.4) is 0 Å². The topological polar surface area (TPSA) is 29.3 Å². The van der Waals surface area contributed by atoms with E-state index in [0.717, 1.165) is 11.8 Å². The van der Waals surface area contributed by atoms with Crippen molar-refractivity contribution in [3.05, 3.63) is 29.8 Å². The molecule has 1 aliphatic carbocycles. The van der Waals surface area contributed by atoms with Crippen molar-refractivity contribution in [2.75, 3.05) is 18.0 Å². The molecule has 1 aromatic rings. The van der Waals surface area contributed by atoms with E-state index >= 15 is 0 Å². The molecule has 2 unspecified atom stereocenters. The Kier molecular flexibility index (Phi) is 3.29. The van der Waals surface area contributed by atoms with Gasteiger partial charge in [-0.25, -0.2) is 0 Å². The first-order valence-electron chi connectivity index (χ1n) is 7.33. The zero-order valence-electron chi connectivity index (χ0n) is 11.3. The van der Waals surface area contributed by atoms with E-state index in [1.54, 1.807) is 0 Å². The van der Waals surface area contributed by atoms with Gasteiger partial charge in [-0.15, -0.1) is 0 Å². The Hall–Kier alpha value is -1.02. The van der Waals surface area contributed by atoms with Crippen molar-refractivity contribution < 1.29 is 0 Å². The summed E-state index contributed by atoms with van der Waals surface area (Å²) in [5.74, 6) is 1.87. The molecule has 0 aromatic heterocycles. The largest absolute Gasteiger partial charge is 0.371 e. The molecular weight excluding hydrogens is 220 g/mol. The van der Waals surface area contributed by atoms with Gasteiger partial charge >= 0.3 is 0 Å². The van der Waals surface area contributed by atoms with Crippen molar-refractivity contribution in [2.24, 2.45) is 17.6 Å². The second-order valence-corrected chi connectivity index (χ2v) is 6.18. The lowest BCUT2D eigenvalue weighted by atomic mass is 9.78. The SMILES string of the molecule is C[C@H](N)c1ccc(N2CC3CCCC(C3)C2)cc1. The fourth-order valence-electron chi connectivity index (χ4n) is 3.63. The number of benzene rings is 1. The van der Waals surface area contributed by atoms with E-state index in [1.807, 2.05) is 6.92 Å². The quantitative estimate of drug-likeness (QED) is 0.864. The van der Waals surface area contributed by atoms with Crippen LogP contribution in [0.25, 0.3) is 0 Å². The van der Waals surface area contributed by atoms with Crippen LogP contribution in [0.4, 0.5) is 5.69 Å². The van der Waals surface area contributed by atoms with Crippen LogP contribution in [0.2, 0.25) is 0 Å². The maximum atomic E-state index is 5.90. The van der Waals surface area contributed by atoms with Crippen molar-refractivity contribution in [1.29, 1.82) is 0 Å². The van der Waals surface area contributed by atoms with Crippen LogP contribution in [-0.4, -0.2) is 13.1 Å². The number of nitrogens with zero attached hydrogens (tertiary/aromatic N) is 1. The van der Waals surface area contributed by atoms with Crippen molar-refractivity contribution in [1.82, 2.24) is 0 Å². The molecule has 2 N–H and O–H groups in total. The lowest BCUT2D eigenvalue weighted by molar-refractivity contribution is 0.231. The zero-order valence-corrected chi connectivity index (χ0v) is 11.3. The first-order chi connectivity index (χ1) is 8.72. The molecule has 2 nitrogen and oxygen atoms in total. The number of nitrogens with two attached hydrogens (primary N) is 1. The number of rotatable bonds is 2. The van der Waals surface area contributed by atoms with Crippen LogP contribution in [0, 0.1) is 11.8 Å². The van der Waals surface area contributed by atoms with Gasteiger partial charge in [-0.3, -0.25) is 0 Å². The zero-order chi connectivity index (χ0) is 12.5. The highest BCUT2D eigenvalue weighted by Gasteiger charge is 2.30. The summed E-state index contributed by atoms with van der Waals surface area (Å²) in [6.45, 7) is 4.56. The van der Waals surface area contributed by atoms with Crippen LogP contribution in [0.15, 0.2) is 24.3 Å². The van der Waals surface area contributed by atoms with E-state index in [1.165, 1.54) is 50.0 Å². The number of piperidine rings is 1. The van der Waals surface area contributed by atoms with E-state index in [9.17, 15) is 0 Å². The normalized spacial score (nSPS) is 29.1. The summed E-state index contributed by atoms with van der Waals surface area (Å²) in [5.41, 5.74) is 8.52. The van der Waals surface area contributed by atoms with Gasteiger partial charge in [0.05, 0.1) is 0 Å². The summed E-state index contributed by atoms with van der Waals surface area (Å²) in [6, 6.07) is 9.01. The molecule has 1 saturated heterocycles. The molecule has 3 rings (SSSR count). The Morgan fingerprint density at radius 3 is 2.28 bits per heavy atom. The molecule has 2 fully saturated rings. The summed E-state index contributed by atoms with van der Waals surface area (Å²) in [7, 11) is 0. The minimum absolute atomic E-state index is 0.139. The number of fused-ring (bicyclic) bond motifs is 2. The lowest BCUT2D eigenvalue weighted by Gasteiger charge is -2.42. The Morgan fingerprint density at radius 2 is 1.72 bits per heavy atom. The van der Waals surface area contributed by atoms with Crippen LogP contribution in [0.1, 0.15) is 44.2 Å². The average Bonchev–Trinajstić information content (AvgIpc) is 2.38. The summed E-state index contributed by atoms with van der Waals surface area (Å²) >= 11 is 0. The maximum Gasteiger partial charge on any atom is 0.0366 e. The van der Waals surface area contributed by atoms with Crippen LogP contribution in [-0.2, 0) is 0 Å². The van der Waals surface area contributed by atoms with E-state index < -0.39 is 0 Å². The van der Waals surface area contributed by atoms with E-state index in [2.05, 4.69) is 29.2 Å². The maximum absolute atomic E-state index is 5.90.